The fraction of sp³-hybridized carbons (Fsp3) is 0.214. The smallest absolute Gasteiger partial charge is 0.307 e. The highest BCUT2D eigenvalue weighted by Crippen LogP contribution is 2.12. The molecular weight excluding hydrogens is 280 g/mol. The van der Waals surface area contributed by atoms with Crippen molar-refractivity contribution in [1.29, 1.82) is 0 Å². The molecule has 19 heavy (non-hydrogen) atoms. The van der Waals surface area contributed by atoms with Crippen LogP contribution in [0.15, 0.2) is 46.0 Å². The summed E-state index contributed by atoms with van der Waals surface area (Å²) in [5.41, 5.74) is 1.94. The van der Waals surface area contributed by atoms with Gasteiger partial charge in [0.05, 0.1) is 17.2 Å². The van der Waals surface area contributed by atoms with Crippen molar-refractivity contribution in [3.8, 4) is 0 Å². The number of aryl methyl sites for hydroxylation is 1. The van der Waals surface area contributed by atoms with E-state index in [1.165, 1.54) is 5.56 Å². The second-order valence-electron chi connectivity index (χ2n) is 4.15. The lowest BCUT2D eigenvalue weighted by molar-refractivity contribution is -0.136. The Bertz CT molecular complexity index is 559. The molecule has 1 aromatic heterocycles. The summed E-state index contributed by atoms with van der Waals surface area (Å²) in [5.74, 6) is -0.263. The molecule has 0 saturated carbocycles. The minimum absolute atomic E-state index is 0.00180. The fourth-order valence-corrected chi connectivity index (χ4v) is 3.50. The van der Waals surface area contributed by atoms with Gasteiger partial charge >= 0.3 is 5.97 Å². The lowest BCUT2D eigenvalue weighted by Crippen LogP contribution is -2.03. The van der Waals surface area contributed by atoms with Crippen molar-refractivity contribution in [1.82, 2.24) is 0 Å². The summed E-state index contributed by atoms with van der Waals surface area (Å²) in [6.07, 6.45) is 0.800. The Kier molecular flexibility index (Phi) is 4.87. The molecule has 1 heterocycles. The first-order chi connectivity index (χ1) is 9.15. The molecule has 2 rings (SSSR count). The summed E-state index contributed by atoms with van der Waals surface area (Å²) in [4.78, 5) is 11.3. The number of carboxylic acids is 1. The van der Waals surface area contributed by atoms with E-state index >= 15 is 0 Å². The van der Waals surface area contributed by atoms with Crippen LogP contribution in [0.1, 0.15) is 11.1 Å². The van der Waals surface area contributed by atoms with Gasteiger partial charge in [0.2, 0.25) is 0 Å². The van der Waals surface area contributed by atoms with Gasteiger partial charge in [-0.1, -0.05) is 12.1 Å². The molecule has 0 amide bonds. The van der Waals surface area contributed by atoms with E-state index in [-0.39, 0.29) is 6.42 Å². The van der Waals surface area contributed by atoms with Gasteiger partial charge in [-0.3, -0.25) is 9.00 Å². The normalized spacial score (nSPS) is 12.2. The SMILES string of the molecule is O=C(O)Cc1ccc(S(=O)CCc2ccsc2)cc1. The largest absolute Gasteiger partial charge is 0.481 e. The Hall–Kier alpha value is -1.46. The van der Waals surface area contributed by atoms with Gasteiger partial charge in [0.1, 0.15) is 0 Å². The lowest BCUT2D eigenvalue weighted by atomic mass is 10.2. The molecular formula is C14H14O3S2. The molecule has 1 unspecified atom stereocenters. The summed E-state index contributed by atoms with van der Waals surface area (Å²) in [5, 5.41) is 12.8. The average Bonchev–Trinajstić information content (AvgIpc) is 2.89. The zero-order valence-electron chi connectivity index (χ0n) is 10.2. The fourth-order valence-electron chi connectivity index (χ4n) is 1.70. The van der Waals surface area contributed by atoms with Crippen LogP contribution in [-0.4, -0.2) is 21.0 Å². The van der Waals surface area contributed by atoms with Gasteiger partial charge in [-0.05, 0) is 46.5 Å². The average molecular weight is 294 g/mol. The van der Waals surface area contributed by atoms with E-state index in [0.29, 0.717) is 5.75 Å². The van der Waals surface area contributed by atoms with E-state index < -0.39 is 16.8 Å². The standard InChI is InChI=1S/C14H14O3S2/c15-14(16)9-11-1-3-13(4-2-11)19(17)8-6-12-5-7-18-10-12/h1-5,7,10H,6,8-9H2,(H,15,16). The van der Waals surface area contributed by atoms with Gasteiger partial charge in [-0.2, -0.15) is 11.3 Å². The molecule has 0 bridgehead atoms. The van der Waals surface area contributed by atoms with Crippen LogP contribution >= 0.6 is 11.3 Å². The van der Waals surface area contributed by atoms with Crippen molar-refractivity contribution in [2.45, 2.75) is 17.7 Å². The molecule has 1 N–H and O–H groups in total. The van der Waals surface area contributed by atoms with Crippen LogP contribution in [0.4, 0.5) is 0 Å². The third kappa shape index (κ3) is 4.29. The van der Waals surface area contributed by atoms with Crippen molar-refractivity contribution in [3.63, 3.8) is 0 Å². The van der Waals surface area contributed by atoms with Crippen molar-refractivity contribution in [2.75, 3.05) is 5.75 Å². The zero-order chi connectivity index (χ0) is 13.7. The monoisotopic (exact) mass is 294 g/mol. The van der Waals surface area contributed by atoms with Crippen LogP contribution in [0.2, 0.25) is 0 Å². The molecule has 0 aliphatic carbocycles. The summed E-state index contributed by atoms with van der Waals surface area (Å²) in [7, 11) is -1.03. The number of benzene rings is 1. The van der Waals surface area contributed by atoms with Crippen LogP contribution < -0.4 is 0 Å². The lowest BCUT2D eigenvalue weighted by Gasteiger charge is -2.03. The number of aliphatic carboxylic acids is 1. The number of hydrogen-bond donors (Lipinski definition) is 1. The van der Waals surface area contributed by atoms with Crippen molar-refractivity contribution in [2.24, 2.45) is 0 Å². The van der Waals surface area contributed by atoms with Gasteiger partial charge in [0.25, 0.3) is 0 Å². The first kappa shape index (κ1) is 14.0. The molecule has 2 aromatic rings. The minimum Gasteiger partial charge on any atom is -0.481 e. The summed E-state index contributed by atoms with van der Waals surface area (Å²) in [6.45, 7) is 0. The van der Waals surface area contributed by atoms with E-state index in [4.69, 9.17) is 5.11 Å². The van der Waals surface area contributed by atoms with E-state index in [1.54, 1.807) is 35.6 Å². The minimum atomic E-state index is -1.03. The highest BCUT2D eigenvalue weighted by atomic mass is 32.2. The first-order valence-corrected chi connectivity index (χ1v) is 8.11. The van der Waals surface area contributed by atoms with Gasteiger partial charge in [0.15, 0.2) is 0 Å². The third-order valence-electron chi connectivity index (χ3n) is 2.70. The van der Waals surface area contributed by atoms with Crippen molar-refractivity contribution >= 4 is 28.1 Å². The van der Waals surface area contributed by atoms with E-state index in [0.717, 1.165) is 16.9 Å². The summed E-state index contributed by atoms with van der Waals surface area (Å²) < 4.78 is 12.1. The Morgan fingerprint density at radius 3 is 2.47 bits per heavy atom. The van der Waals surface area contributed by atoms with Crippen molar-refractivity contribution in [3.05, 3.63) is 52.2 Å². The maximum absolute atomic E-state index is 12.1. The van der Waals surface area contributed by atoms with Crippen LogP contribution in [0, 0.1) is 0 Å². The summed E-state index contributed by atoms with van der Waals surface area (Å²) in [6, 6.07) is 9.00. The Morgan fingerprint density at radius 1 is 1.16 bits per heavy atom. The molecule has 0 fully saturated rings. The molecule has 0 radical (unpaired) electrons. The number of rotatable bonds is 6. The topological polar surface area (TPSA) is 54.4 Å². The van der Waals surface area contributed by atoms with Crippen LogP contribution in [0.5, 0.6) is 0 Å². The molecule has 0 spiro atoms. The van der Waals surface area contributed by atoms with Crippen LogP contribution in [0.25, 0.3) is 0 Å². The van der Waals surface area contributed by atoms with E-state index in [9.17, 15) is 9.00 Å². The molecule has 0 saturated heterocycles. The van der Waals surface area contributed by atoms with Gasteiger partial charge < -0.3 is 5.11 Å². The van der Waals surface area contributed by atoms with Crippen LogP contribution in [-0.2, 0) is 28.4 Å². The maximum Gasteiger partial charge on any atom is 0.307 e. The van der Waals surface area contributed by atoms with E-state index in [1.807, 2.05) is 11.4 Å². The van der Waals surface area contributed by atoms with E-state index in [2.05, 4.69) is 5.38 Å². The van der Waals surface area contributed by atoms with Crippen LogP contribution in [0.3, 0.4) is 0 Å². The number of carboxylic acid groups (broad SMARTS) is 1. The Morgan fingerprint density at radius 2 is 1.89 bits per heavy atom. The highest BCUT2D eigenvalue weighted by Gasteiger charge is 2.06. The molecule has 100 valence electrons. The third-order valence-corrected chi connectivity index (χ3v) is 4.80. The summed E-state index contributed by atoms with van der Waals surface area (Å²) >= 11 is 1.64. The predicted molar refractivity (Wildman–Crippen MR) is 77.1 cm³/mol. The highest BCUT2D eigenvalue weighted by molar-refractivity contribution is 7.85. The number of carbonyl (C=O) groups is 1. The zero-order valence-corrected chi connectivity index (χ0v) is 11.9. The number of thiophene rings is 1. The second kappa shape index (κ2) is 6.63. The van der Waals surface area contributed by atoms with Gasteiger partial charge in [0, 0.05) is 10.6 Å². The van der Waals surface area contributed by atoms with Gasteiger partial charge in [-0.15, -0.1) is 0 Å². The molecule has 5 heteroatoms. The first-order valence-electron chi connectivity index (χ1n) is 5.85. The predicted octanol–water partition coefficient (Wildman–Crippen LogP) is 2.73. The molecule has 1 atom stereocenters. The maximum atomic E-state index is 12.1. The number of hydrogen-bond acceptors (Lipinski definition) is 3. The molecule has 0 aliphatic heterocycles. The molecule has 0 aliphatic rings. The van der Waals surface area contributed by atoms with Gasteiger partial charge in [-0.25, -0.2) is 0 Å². The molecule has 1 aromatic carbocycles. The Balaban J connectivity index is 1.93. The molecule has 3 nitrogen and oxygen atoms in total. The Labute approximate surface area is 118 Å². The second-order valence-corrected chi connectivity index (χ2v) is 6.50. The van der Waals surface area contributed by atoms with Crippen molar-refractivity contribution < 1.29 is 14.1 Å². The quantitative estimate of drug-likeness (QED) is 0.891.